The van der Waals surface area contributed by atoms with E-state index in [1.54, 1.807) is 0 Å². The fourth-order valence-electron chi connectivity index (χ4n) is 1.93. The number of benzene rings is 1. The molecule has 18 heavy (non-hydrogen) atoms. The van der Waals surface area contributed by atoms with E-state index >= 15 is 0 Å². The van der Waals surface area contributed by atoms with Crippen LogP contribution in [0.5, 0.6) is 0 Å². The van der Waals surface area contributed by atoms with Crippen LogP contribution in [0.1, 0.15) is 16.8 Å². The van der Waals surface area contributed by atoms with E-state index < -0.39 is 17.5 Å². The van der Waals surface area contributed by atoms with Crippen LogP contribution in [0.25, 0.3) is 0 Å². The van der Waals surface area contributed by atoms with Gasteiger partial charge in [0.05, 0.1) is 16.3 Å². The van der Waals surface area contributed by atoms with Gasteiger partial charge in [0.2, 0.25) is 0 Å². The zero-order valence-electron chi connectivity index (χ0n) is 9.70. The van der Waals surface area contributed by atoms with Crippen LogP contribution in [-0.2, 0) is 9.53 Å². The van der Waals surface area contributed by atoms with E-state index in [1.807, 2.05) is 0 Å². The third kappa shape index (κ3) is 2.00. The Kier molecular flexibility index (Phi) is 3.63. The van der Waals surface area contributed by atoms with Crippen molar-refractivity contribution in [2.24, 2.45) is 0 Å². The predicted molar refractivity (Wildman–Crippen MR) is 64.6 cm³/mol. The molecule has 0 aliphatic carbocycles. The highest BCUT2D eigenvalue weighted by molar-refractivity contribution is 6.55. The highest BCUT2D eigenvalue weighted by Gasteiger charge is 2.39. The first-order valence-electron chi connectivity index (χ1n) is 5.41. The molecule has 1 aromatic carbocycles. The average molecular weight is 272 g/mol. The third-order valence-corrected chi connectivity index (χ3v) is 3.06. The zero-order valence-corrected chi connectivity index (χ0v) is 10.5. The van der Waals surface area contributed by atoms with Gasteiger partial charge in [-0.05, 0) is 18.6 Å². The molecule has 2 rings (SSSR count). The maximum atomic E-state index is 13.7. The summed E-state index contributed by atoms with van der Waals surface area (Å²) < 4.78 is 18.6. The Labute approximate surface area is 108 Å². The van der Waals surface area contributed by atoms with Gasteiger partial charge in [-0.25, -0.2) is 4.39 Å². The molecule has 0 aromatic heterocycles. The van der Waals surface area contributed by atoms with Gasteiger partial charge >= 0.3 is 0 Å². The molecule has 0 saturated heterocycles. The van der Waals surface area contributed by atoms with Crippen LogP contribution >= 0.6 is 11.6 Å². The number of anilines is 1. The van der Waals surface area contributed by atoms with E-state index in [0.29, 0.717) is 13.0 Å². The molecule has 1 heterocycles. The van der Waals surface area contributed by atoms with Crippen molar-refractivity contribution in [3.05, 3.63) is 28.5 Å². The van der Waals surface area contributed by atoms with Crippen molar-refractivity contribution in [2.75, 3.05) is 25.2 Å². The summed E-state index contributed by atoms with van der Waals surface area (Å²) in [5, 5.41) is 0.0963. The number of hydrogen-bond acceptors (Lipinski definition) is 3. The Morgan fingerprint density at radius 2 is 2.11 bits per heavy atom. The van der Waals surface area contributed by atoms with Crippen molar-refractivity contribution in [2.45, 2.75) is 6.42 Å². The summed E-state index contributed by atoms with van der Waals surface area (Å²) >= 11 is 5.84. The van der Waals surface area contributed by atoms with Gasteiger partial charge in [0.25, 0.3) is 11.7 Å². The molecule has 0 N–H and O–H groups in total. The van der Waals surface area contributed by atoms with Crippen LogP contribution in [0.2, 0.25) is 5.02 Å². The van der Waals surface area contributed by atoms with Gasteiger partial charge in [0.15, 0.2) is 0 Å². The Morgan fingerprint density at radius 3 is 2.78 bits per heavy atom. The first-order valence-corrected chi connectivity index (χ1v) is 5.79. The average Bonchev–Trinajstić information content (AvgIpc) is 2.60. The van der Waals surface area contributed by atoms with Crippen molar-refractivity contribution < 1.29 is 18.7 Å². The van der Waals surface area contributed by atoms with Crippen molar-refractivity contribution in [3.63, 3.8) is 0 Å². The molecule has 96 valence electrons. The maximum absolute atomic E-state index is 13.7. The number of methoxy groups -OCH3 is 1. The Balaban J connectivity index is 2.39. The topological polar surface area (TPSA) is 46.6 Å². The second-order valence-corrected chi connectivity index (χ2v) is 4.29. The summed E-state index contributed by atoms with van der Waals surface area (Å²) in [6.45, 7) is 0.651. The van der Waals surface area contributed by atoms with Crippen LogP contribution in [-0.4, -0.2) is 32.0 Å². The lowest BCUT2D eigenvalue weighted by Gasteiger charge is -2.16. The molecule has 1 aliphatic heterocycles. The standard InChI is InChI=1S/C12H11ClFNO3/c1-18-6-2-5-15-10-8(14)4-3-7(13)9(10)11(16)12(15)17/h3-4H,2,5-6H2,1H3. The lowest BCUT2D eigenvalue weighted by Crippen LogP contribution is -2.31. The molecule has 0 bridgehead atoms. The third-order valence-electron chi connectivity index (χ3n) is 2.74. The van der Waals surface area contributed by atoms with Crippen LogP contribution in [0, 0.1) is 5.82 Å². The van der Waals surface area contributed by atoms with Crippen molar-refractivity contribution in [3.8, 4) is 0 Å². The van der Waals surface area contributed by atoms with E-state index in [2.05, 4.69) is 0 Å². The summed E-state index contributed by atoms with van der Waals surface area (Å²) in [5.74, 6) is -2.12. The first-order chi connectivity index (χ1) is 8.57. The summed E-state index contributed by atoms with van der Waals surface area (Å²) in [4.78, 5) is 24.6. The van der Waals surface area contributed by atoms with Crippen LogP contribution in [0.4, 0.5) is 10.1 Å². The fraction of sp³-hybridized carbons (Fsp3) is 0.333. The smallest absolute Gasteiger partial charge is 0.299 e. The quantitative estimate of drug-likeness (QED) is 0.622. The van der Waals surface area contributed by atoms with Gasteiger partial charge < -0.3 is 9.64 Å². The van der Waals surface area contributed by atoms with Crippen LogP contribution in [0.15, 0.2) is 12.1 Å². The fourth-order valence-corrected chi connectivity index (χ4v) is 2.17. The van der Waals surface area contributed by atoms with Crippen molar-refractivity contribution >= 4 is 29.0 Å². The summed E-state index contributed by atoms with van der Waals surface area (Å²) in [6.07, 6.45) is 0.515. The van der Waals surface area contributed by atoms with E-state index in [0.717, 1.165) is 11.0 Å². The number of Topliss-reactive ketones (excluding diaryl/α,β-unsaturated/α-hetero) is 1. The molecule has 6 heteroatoms. The number of amides is 1. The number of hydrogen-bond donors (Lipinski definition) is 0. The molecular formula is C12H11ClFNO3. The SMILES string of the molecule is COCCCN1C(=O)C(=O)c2c(Cl)ccc(F)c21. The van der Waals surface area contributed by atoms with Crippen molar-refractivity contribution in [1.29, 1.82) is 0 Å². The van der Waals surface area contributed by atoms with E-state index in [-0.39, 0.29) is 22.8 Å². The minimum atomic E-state index is -0.757. The van der Waals surface area contributed by atoms with Crippen LogP contribution in [0.3, 0.4) is 0 Å². The van der Waals surface area contributed by atoms with Gasteiger partial charge in [-0.15, -0.1) is 0 Å². The Morgan fingerprint density at radius 1 is 1.39 bits per heavy atom. The van der Waals surface area contributed by atoms with E-state index in [4.69, 9.17) is 16.3 Å². The van der Waals surface area contributed by atoms with Gasteiger partial charge in [-0.1, -0.05) is 11.6 Å². The number of fused-ring (bicyclic) bond motifs is 1. The minimum Gasteiger partial charge on any atom is -0.385 e. The number of ketones is 1. The second kappa shape index (κ2) is 5.04. The number of nitrogens with zero attached hydrogens (tertiary/aromatic N) is 1. The predicted octanol–water partition coefficient (Wildman–Crippen LogP) is 2.04. The summed E-state index contributed by atoms with van der Waals surface area (Å²) in [6, 6.07) is 2.43. The van der Waals surface area contributed by atoms with Gasteiger partial charge in [-0.2, -0.15) is 0 Å². The zero-order chi connectivity index (χ0) is 13.3. The second-order valence-electron chi connectivity index (χ2n) is 3.89. The highest BCUT2D eigenvalue weighted by atomic mass is 35.5. The normalized spacial score (nSPS) is 14.3. The molecule has 0 radical (unpaired) electrons. The van der Waals surface area contributed by atoms with Gasteiger partial charge in [0.1, 0.15) is 5.82 Å². The lowest BCUT2D eigenvalue weighted by molar-refractivity contribution is -0.114. The Bertz CT molecular complexity index is 518. The minimum absolute atomic E-state index is 0.0198. The van der Waals surface area contributed by atoms with Crippen LogP contribution < -0.4 is 4.90 Å². The lowest BCUT2D eigenvalue weighted by atomic mass is 10.1. The van der Waals surface area contributed by atoms with Crippen molar-refractivity contribution in [1.82, 2.24) is 0 Å². The number of rotatable bonds is 4. The Hall–Kier alpha value is -1.46. The van der Waals surface area contributed by atoms with Gasteiger partial charge in [0, 0.05) is 20.3 Å². The summed E-state index contributed by atoms with van der Waals surface area (Å²) in [7, 11) is 1.53. The molecule has 4 nitrogen and oxygen atoms in total. The number of carbonyl (C=O) groups is 2. The number of halogens is 2. The summed E-state index contributed by atoms with van der Waals surface area (Å²) in [5.41, 5.74) is -0.0623. The largest absolute Gasteiger partial charge is 0.385 e. The monoisotopic (exact) mass is 271 g/mol. The first kappa shape index (κ1) is 13.0. The molecular weight excluding hydrogens is 261 g/mol. The molecule has 0 saturated carbocycles. The van der Waals surface area contributed by atoms with E-state index in [9.17, 15) is 14.0 Å². The van der Waals surface area contributed by atoms with Gasteiger partial charge in [-0.3, -0.25) is 9.59 Å². The maximum Gasteiger partial charge on any atom is 0.299 e. The highest BCUT2D eigenvalue weighted by Crippen LogP contribution is 2.36. The molecule has 0 fully saturated rings. The number of ether oxygens (including phenoxy) is 1. The molecule has 1 amide bonds. The molecule has 0 unspecified atom stereocenters. The number of carbonyl (C=O) groups excluding carboxylic acids is 2. The van der Waals surface area contributed by atoms with E-state index in [1.165, 1.54) is 13.2 Å². The molecule has 1 aliphatic rings. The molecule has 0 atom stereocenters. The molecule has 1 aromatic rings. The molecule has 0 spiro atoms.